The largest absolute Gasteiger partial charge is 0.326 e. The molecule has 16 heavy (non-hydrogen) atoms. The maximum atomic E-state index is 5.59. The van der Waals surface area contributed by atoms with Crippen LogP contribution in [0.3, 0.4) is 0 Å². The summed E-state index contributed by atoms with van der Waals surface area (Å²) in [7, 11) is 0. The fourth-order valence-electron chi connectivity index (χ4n) is 1.36. The van der Waals surface area contributed by atoms with Crippen LogP contribution in [0.25, 0.3) is 0 Å². The van der Waals surface area contributed by atoms with Gasteiger partial charge in [0.15, 0.2) is 0 Å². The number of hydrogen-bond donors (Lipinski definition) is 1. The minimum Gasteiger partial charge on any atom is -0.326 e. The zero-order chi connectivity index (χ0) is 11.4. The van der Waals surface area contributed by atoms with Crippen molar-refractivity contribution in [2.75, 3.05) is 0 Å². The molecule has 1 aromatic carbocycles. The first kappa shape index (κ1) is 11.2. The van der Waals surface area contributed by atoms with Gasteiger partial charge in [0, 0.05) is 17.6 Å². The van der Waals surface area contributed by atoms with E-state index in [9.17, 15) is 0 Å². The molecule has 3 heteroatoms. The first-order valence-electron chi connectivity index (χ1n) is 5.17. The fraction of sp³-hybridized carbons (Fsp3) is 0.154. The van der Waals surface area contributed by atoms with Crippen molar-refractivity contribution in [2.24, 2.45) is 5.73 Å². The van der Waals surface area contributed by atoms with Crippen LogP contribution in [0, 0.1) is 6.92 Å². The van der Waals surface area contributed by atoms with Crippen molar-refractivity contribution in [3.63, 3.8) is 0 Å². The molecule has 0 saturated heterocycles. The molecule has 0 fully saturated rings. The Hall–Kier alpha value is -1.32. The van der Waals surface area contributed by atoms with Gasteiger partial charge in [-0.3, -0.25) is 0 Å². The standard InChI is InChI=1S/C13H14N2S/c1-10-2-4-12(5-3-10)16-13-8-11(9-14)6-7-15-13/h2-8H,9,14H2,1H3. The summed E-state index contributed by atoms with van der Waals surface area (Å²) in [6.45, 7) is 2.64. The average molecular weight is 230 g/mol. The number of aromatic nitrogens is 1. The molecule has 0 atom stereocenters. The second kappa shape index (κ2) is 5.14. The Kier molecular flexibility index (Phi) is 3.59. The molecule has 2 N–H and O–H groups in total. The van der Waals surface area contributed by atoms with Gasteiger partial charge in [-0.05, 0) is 36.8 Å². The van der Waals surface area contributed by atoms with Crippen molar-refractivity contribution in [3.8, 4) is 0 Å². The lowest BCUT2D eigenvalue weighted by atomic mass is 10.2. The molecule has 1 heterocycles. The van der Waals surface area contributed by atoms with E-state index in [1.54, 1.807) is 18.0 Å². The van der Waals surface area contributed by atoms with Gasteiger partial charge in [-0.25, -0.2) is 4.98 Å². The first-order valence-corrected chi connectivity index (χ1v) is 5.99. The minimum atomic E-state index is 0.560. The van der Waals surface area contributed by atoms with E-state index in [0.29, 0.717) is 6.54 Å². The highest BCUT2D eigenvalue weighted by molar-refractivity contribution is 7.99. The Morgan fingerprint density at radius 2 is 1.94 bits per heavy atom. The van der Waals surface area contributed by atoms with Crippen LogP contribution in [-0.2, 0) is 6.54 Å². The molecule has 2 aromatic rings. The number of nitrogens with zero attached hydrogens (tertiary/aromatic N) is 1. The van der Waals surface area contributed by atoms with Crippen LogP contribution < -0.4 is 5.73 Å². The highest BCUT2D eigenvalue weighted by atomic mass is 32.2. The van der Waals surface area contributed by atoms with Crippen molar-refractivity contribution in [1.29, 1.82) is 0 Å². The number of aryl methyl sites for hydroxylation is 1. The fourth-order valence-corrected chi connectivity index (χ4v) is 2.20. The van der Waals surface area contributed by atoms with Crippen molar-refractivity contribution >= 4 is 11.8 Å². The van der Waals surface area contributed by atoms with E-state index >= 15 is 0 Å². The summed E-state index contributed by atoms with van der Waals surface area (Å²) in [5.74, 6) is 0. The second-order valence-electron chi connectivity index (χ2n) is 3.62. The summed E-state index contributed by atoms with van der Waals surface area (Å²) in [4.78, 5) is 5.51. The van der Waals surface area contributed by atoms with Crippen LogP contribution in [0.5, 0.6) is 0 Å². The lowest BCUT2D eigenvalue weighted by molar-refractivity contribution is 1.02. The van der Waals surface area contributed by atoms with Crippen molar-refractivity contribution in [3.05, 3.63) is 53.7 Å². The Bertz CT molecular complexity index is 466. The highest BCUT2D eigenvalue weighted by Crippen LogP contribution is 2.26. The van der Waals surface area contributed by atoms with Crippen molar-refractivity contribution in [2.45, 2.75) is 23.4 Å². The molecule has 0 radical (unpaired) electrons. The van der Waals surface area contributed by atoms with Crippen LogP contribution >= 0.6 is 11.8 Å². The highest BCUT2D eigenvalue weighted by Gasteiger charge is 1.99. The summed E-state index contributed by atoms with van der Waals surface area (Å²) in [5, 5.41) is 0.992. The average Bonchev–Trinajstić information content (AvgIpc) is 2.32. The summed E-state index contributed by atoms with van der Waals surface area (Å²) in [6.07, 6.45) is 1.80. The van der Waals surface area contributed by atoms with Crippen LogP contribution in [0.2, 0.25) is 0 Å². The van der Waals surface area contributed by atoms with E-state index in [2.05, 4.69) is 36.2 Å². The van der Waals surface area contributed by atoms with Crippen LogP contribution in [0.15, 0.2) is 52.5 Å². The van der Waals surface area contributed by atoms with Gasteiger partial charge in [-0.2, -0.15) is 0 Å². The number of benzene rings is 1. The molecule has 0 saturated carbocycles. The molecule has 82 valence electrons. The van der Waals surface area contributed by atoms with Gasteiger partial charge < -0.3 is 5.73 Å². The van der Waals surface area contributed by atoms with Gasteiger partial charge in [0.25, 0.3) is 0 Å². The monoisotopic (exact) mass is 230 g/mol. The first-order chi connectivity index (χ1) is 7.78. The maximum absolute atomic E-state index is 5.59. The Balaban J connectivity index is 2.16. The molecule has 1 aromatic heterocycles. The van der Waals surface area contributed by atoms with Gasteiger partial charge in [0.1, 0.15) is 5.03 Å². The Morgan fingerprint density at radius 3 is 2.62 bits per heavy atom. The summed E-state index contributed by atoms with van der Waals surface area (Å²) < 4.78 is 0. The second-order valence-corrected chi connectivity index (χ2v) is 4.72. The lowest BCUT2D eigenvalue weighted by Crippen LogP contribution is -1.96. The predicted molar refractivity (Wildman–Crippen MR) is 67.4 cm³/mol. The Labute approximate surface area is 99.9 Å². The van der Waals surface area contributed by atoms with E-state index in [1.807, 2.05) is 12.1 Å². The molecule has 0 amide bonds. The van der Waals surface area contributed by atoms with E-state index in [1.165, 1.54) is 10.5 Å². The predicted octanol–water partition coefficient (Wildman–Crippen LogP) is 3.00. The van der Waals surface area contributed by atoms with Gasteiger partial charge in [-0.1, -0.05) is 29.5 Å². The van der Waals surface area contributed by atoms with Gasteiger partial charge in [0.2, 0.25) is 0 Å². The van der Waals surface area contributed by atoms with Gasteiger partial charge >= 0.3 is 0 Å². The molecular weight excluding hydrogens is 216 g/mol. The lowest BCUT2D eigenvalue weighted by Gasteiger charge is -2.03. The number of pyridine rings is 1. The third-order valence-electron chi connectivity index (χ3n) is 2.28. The topological polar surface area (TPSA) is 38.9 Å². The van der Waals surface area contributed by atoms with E-state index in [0.717, 1.165) is 10.6 Å². The van der Waals surface area contributed by atoms with E-state index < -0.39 is 0 Å². The molecule has 0 bridgehead atoms. The van der Waals surface area contributed by atoms with Crippen LogP contribution in [0.4, 0.5) is 0 Å². The van der Waals surface area contributed by atoms with Gasteiger partial charge in [-0.15, -0.1) is 0 Å². The summed E-state index contributed by atoms with van der Waals surface area (Å²) in [6, 6.07) is 12.4. The zero-order valence-electron chi connectivity index (χ0n) is 9.18. The molecule has 0 aliphatic heterocycles. The summed E-state index contributed by atoms with van der Waals surface area (Å²) in [5.41, 5.74) is 7.98. The third-order valence-corrected chi connectivity index (χ3v) is 3.22. The maximum Gasteiger partial charge on any atom is 0.101 e. The van der Waals surface area contributed by atoms with Crippen molar-refractivity contribution in [1.82, 2.24) is 4.98 Å². The smallest absolute Gasteiger partial charge is 0.101 e. The van der Waals surface area contributed by atoms with Gasteiger partial charge in [0.05, 0.1) is 0 Å². The van der Waals surface area contributed by atoms with E-state index in [4.69, 9.17) is 5.73 Å². The normalized spacial score (nSPS) is 10.4. The molecule has 0 aliphatic rings. The summed E-state index contributed by atoms with van der Waals surface area (Å²) >= 11 is 1.66. The SMILES string of the molecule is Cc1ccc(Sc2cc(CN)ccn2)cc1. The number of hydrogen-bond acceptors (Lipinski definition) is 3. The number of rotatable bonds is 3. The number of nitrogens with two attached hydrogens (primary N) is 1. The molecule has 0 unspecified atom stereocenters. The Morgan fingerprint density at radius 1 is 1.19 bits per heavy atom. The van der Waals surface area contributed by atoms with Crippen molar-refractivity contribution < 1.29 is 0 Å². The molecule has 0 spiro atoms. The molecule has 2 rings (SSSR count). The van der Waals surface area contributed by atoms with Crippen LogP contribution in [-0.4, -0.2) is 4.98 Å². The van der Waals surface area contributed by atoms with E-state index in [-0.39, 0.29) is 0 Å². The van der Waals surface area contributed by atoms with Crippen LogP contribution in [0.1, 0.15) is 11.1 Å². The zero-order valence-corrected chi connectivity index (χ0v) is 10.00. The molecule has 2 nitrogen and oxygen atoms in total. The quantitative estimate of drug-likeness (QED) is 0.881. The molecule has 0 aliphatic carbocycles. The third kappa shape index (κ3) is 2.84. The minimum absolute atomic E-state index is 0.560. The molecular formula is C13H14N2S.